The number of rotatable bonds is 8. The number of sulfonamides is 1. The number of carbonyl (C=O) groups is 1. The van der Waals surface area contributed by atoms with Crippen LogP contribution in [0.15, 0.2) is 53.4 Å². The Morgan fingerprint density at radius 2 is 1.55 bits per heavy atom. The van der Waals surface area contributed by atoms with Gasteiger partial charge in [0, 0.05) is 6.26 Å². The summed E-state index contributed by atoms with van der Waals surface area (Å²) in [5, 5.41) is 2.73. The van der Waals surface area contributed by atoms with Gasteiger partial charge in [0.2, 0.25) is 15.9 Å². The maximum Gasteiger partial charge on any atom is 0.241 e. The van der Waals surface area contributed by atoms with Gasteiger partial charge in [-0.2, -0.15) is 0 Å². The van der Waals surface area contributed by atoms with Crippen LogP contribution in [0.3, 0.4) is 0 Å². The highest BCUT2D eigenvalue weighted by Gasteiger charge is 2.22. The van der Waals surface area contributed by atoms with Crippen LogP contribution in [-0.2, 0) is 24.7 Å². The number of nitrogens with one attached hydrogen (secondary N) is 1. The highest BCUT2D eigenvalue weighted by atomic mass is 32.2. The number of hydrogen-bond donors (Lipinski definition) is 1. The van der Waals surface area contributed by atoms with E-state index < -0.39 is 38.4 Å². The molecule has 2 aromatic rings. The summed E-state index contributed by atoms with van der Waals surface area (Å²) in [6.07, 6.45) is 2.14. The average Bonchev–Trinajstić information content (AvgIpc) is 2.64. The smallest absolute Gasteiger partial charge is 0.241 e. The highest BCUT2D eigenvalue weighted by molar-refractivity contribution is 7.92. The Morgan fingerprint density at radius 3 is 2.00 bits per heavy atom. The minimum absolute atomic E-state index is 0.183. The molecule has 2 aromatic carbocycles. The maximum atomic E-state index is 12.5. The lowest BCUT2D eigenvalue weighted by molar-refractivity contribution is -0.120. The van der Waals surface area contributed by atoms with Crippen LogP contribution in [0.25, 0.3) is 0 Å². The van der Waals surface area contributed by atoms with Crippen LogP contribution in [0, 0.1) is 0 Å². The molecule has 2 rings (SSSR count). The van der Waals surface area contributed by atoms with E-state index in [9.17, 15) is 21.6 Å². The fourth-order valence-corrected chi connectivity index (χ4v) is 4.14. The Kier molecular flexibility index (Phi) is 6.91. The van der Waals surface area contributed by atoms with Crippen molar-refractivity contribution in [3.05, 3.63) is 54.1 Å². The molecule has 1 amide bonds. The molecule has 10 heteroatoms. The molecule has 0 bridgehead atoms. The lowest BCUT2D eigenvalue weighted by atomic mass is 10.1. The second-order valence-corrected chi connectivity index (χ2v) is 10.5. The standard InChI is InChI=1S/C19H24N2O6S2/c1-14(15-5-11-18(12-6-15)28(3,23)24)20-19(22)13-21(29(4,25)26)16-7-9-17(27-2)10-8-16/h5-12,14H,13H2,1-4H3,(H,20,22)/t14-/m0/s1. The number of methoxy groups -OCH3 is 1. The van der Waals surface area contributed by atoms with E-state index in [0.29, 0.717) is 17.0 Å². The van der Waals surface area contributed by atoms with Gasteiger partial charge in [-0.15, -0.1) is 0 Å². The van der Waals surface area contributed by atoms with Crippen LogP contribution >= 0.6 is 0 Å². The summed E-state index contributed by atoms with van der Waals surface area (Å²) in [5.41, 5.74) is 1.04. The fourth-order valence-electron chi connectivity index (χ4n) is 2.65. The monoisotopic (exact) mass is 440 g/mol. The van der Waals surface area contributed by atoms with E-state index in [4.69, 9.17) is 4.74 Å². The highest BCUT2D eigenvalue weighted by Crippen LogP contribution is 2.22. The molecule has 1 N–H and O–H groups in total. The van der Waals surface area contributed by atoms with Gasteiger partial charge in [-0.1, -0.05) is 12.1 Å². The molecule has 1 atom stereocenters. The minimum Gasteiger partial charge on any atom is -0.497 e. The predicted octanol–water partition coefficient (Wildman–Crippen LogP) is 1.74. The van der Waals surface area contributed by atoms with Crippen LogP contribution in [-0.4, -0.2) is 48.9 Å². The molecular weight excluding hydrogens is 416 g/mol. The molecule has 0 spiro atoms. The Hall–Kier alpha value is -2.59. The van der Waals surface area contributed by atoms with Crippen molar-refractivity contribution in [2.24, 2.45) is 0 Å². The third-order valence-corrected chi connectivity index (χ3v) is 6.50. The molecule has 0 saturated carbocycles. The van der Waals surface area contributed by atoms with Crippen LogP contribution in [0.2, 0.25) is 0 Å². The van der Waals surface area contributed by atoms with E-state index in [1.165, 1.54) is 19.2 Å². The second-order valence-electron chi connectivity index (χ2n) is 6.60. The molecule has 0 radical (unpaired) electrons. The van der Waals surface area contributed by atoms with E-state index in [-0.39, 0.29) is 4.90 Å². The largest absolute Gasteiger partial charge is 0.497 e. The Morgan fingerprint density at radius 1 is 1.00 bits per heavy atom. The van der Waals surface area contributed by atoms with E-state index in [1.807, 2.05) is 0 Å². The number of benzene rings is 2. The molecule has 158 valence electrons. The molecule has 0 heterocycles. The first-order chi connectivity index (χ1) is 13.4. The van der Waals surface area contributed by atoms with Gasteiger partial charge in [0.25, 0.3) is 0 Å². The van der Waals surface area contributed by atoms with Crippen molar-refractivity contribution >= 4 is 31.5 Å². The molecular formula is C19H24N2O6S2. The zero-order valence-electron chi connectivity index (χ0n) is 16.6. The average molecular weight is 441 g/mol. The van der Waals surface area contributed by atoms with Crippen LogP contribution < -0.4 is 14.4 Å². The van der Waals surface area contributed by atoms with Crippen molar-refractivity contribution in [3.63, 3.8) is 0 Å². The first kappa shape index (κ1) is 22.7. The normalized spacial score (nSPS) is 12.8. The van der Waals surface area contributed by atoms with E-state index in [2.05, 4.69) is 5.32 Å². The molecule has 29 heavy (non-hydrogen) atoms. The van der Waals surface area contributed by atoms with Gasteiger partial charge in [0.05, 0.1) is 30.0 Å². The van der Waals surface area contributed by atoms with Crippen molar-refractivity contribution in [2.45, 2.75) is 17.9 Å². The summed E-state index contributed by atoms with van der Waals surface area (Å²) in [6, 6.07) is 12.0. The number of carbonyl (C=O) groups excluding carboxylic acids is 1. The molecule has 0 unspecified atom stereocenters. The van der Waals surface area contributed by atoms with E-state index >= 15 is 0 Å². The molecule has 0 aliphatic rings. The molecule has 0 fully saturated rings. The Labute approximate surface area is 171 Å². The first-order valence-corrected chi connectivity index (χ1v) is 12.4. The molecule has 8 nitrogen and oxygen atoms in total. The molecule has 0 aromatic heterocycles. The summed E-state index contributed by atoms with van der Waals surface area (Å²) >= 11 is 0. The molecule has 0 aliphatic heterocycles. The summed E-state index contributed by atoms with van der Waals surface area (Å²) in [6.45, 7) is 1.34. The number of amides is 1. The number of nitrogens with zero attached hydrogens (tertiary/aromatic N) is 1. The quantitative estimate of drug-likeness (QED) is 0.670. The first-order valence-electron chi connectivity index (χ1n) is 8.63. The van der Waals surface area contributed by atoms with Crippen molar-refractivity contribution in [2.75, 3.05) is 30.5 Å². The number of anilines is 1. The second kappa shape index (κ2) is 8.83. The van der Waals surface area contributed by atoms with Crippen molar-refractivity contribution in [1.29, 1.82) is 0 Å². The zero-order valence-corrected chi connectivity index (χ0v) is 18.2. The summed E-state index contributed by atoms with van der Waals surface area (Å²) in [5.74, 6) is 0.0729. The SMILES string of the molecule is COc1ccc(N(CC(=O)N[C@@H](C)c2ccc(S(C)(=O)=O)cc2)S(C)(=O)=O)cc1. The minimum atomic E-state index is -3.69. The number of ether oxygens (including phenoxy) is 1. The lowest BCUT2D eigenvalue weighted by Gasteiger charge is -2.23. The van der Waals surface area contributed by atoms with Gasteiger partial charge in [-0.3, -0.25) is 9.10 Å². The van der Waals surface area contributed by atoms with Crippen LogP contribution in [0.4, 0.5) is 5.69 Å². The van der Waals surface area contributed by atoms with Crippen LogP contribution in [0.1, 0.15) is 18.5 Å². The van der Waals surface area contributed by atoms with Crippen molar-refractivity contribution in [3.8, 4) is 5.75 Å². The summed E-state index contributed by atoms with van der Waals surface area (Å²) in [4.78, 5) is 12.7. The van der Waals surface area contributed by atoms with Crippen molar-refractivity contribution < 1.29 is 26.4 Å². The number of hydrogen-bond acceptors (Lipinski definition) is 6. The third-order valence-electron chi connectivity index (χ3n) is 4.23. The predicted molar refractivity (Wildman–Crippen MR) is 111 cm³/mol. The van der Waals surface area contributed by atoms with Gasteiger partial charge in [-0.25, -0.2) is 16.8 Å². The maximum absolute atomic E-state index is 12.5. The van der Waals surface area contributed by atoms with Gasteiger partial charge < -0.3 is 10.1 Å². The van der Waals surface area contributed by atoms with Crippen molar-refractivity contribution in [1.82, 2.24) is 5.32 Å². The summed E-state index contributed by atoms with van der Waals surface area (Å²) in [7, 11) is -5.50. The lowest BCUT2D eigenvalue weighted by Crippen LogP contribution is -2.41. The van der Waals surface area contributed by atoms with Gasteiger partial charge in [0.15, 0.2) is 9.84 Å². The van der Waals surface area contributed by atoms with Crippen LogP contribution in [0.5, 0.6) is 5.75 Å². The number of sulfone groups is 1. The third kappa shape index (κ3) is 6.20. The Bertz CT molecular complexity index is 1060. The van der Waals surface area contributed by atoms with Gasteiger partial charge in [-0.05, 0) is 48.9 Å². The van der Waals surface area contributed by atoms with Gasteiger partial charge in [0.1, 0.15) is 12.3 Å². The zero-order chi connectivity index (χ0) is 21.8. The fraction of sp³-hybridized carbons (Fsp3) is 0.316. The van der Waals surface area contributed by atoms with Gasteiger partial charge >= 0.3 is 0 Å². The molecule has 0 aliphatic carbocycles. The van der Waals surface area contributed by atoms with E-state index in [1.54, 1.807) is 43.3 Å². The summed E-state index contributed by atoms with van der Waals surface area (Å²) < 4.78 is 53.5. The van der Waals surface area contributed by atoms with E-state index in [0.717, 1.165) is 16.8 Å². The molecule has 0 saturated heterocycles. The Balaban J connectivity index is 2.13. The topological polar surface area (TPSA) is 110 Å².